The molecule has 0 saturated carbocycles. The molecule has 2 aromatic rings. The molecule has 0 aliphatic heterocycles. The van der Waals surface area contributed by atoms with Crippen LogP contribution in [0.4, 0.5) is 5.69 Å². The van der Waals surface area contributed by atoms with Crippen LogP contribution in [0.3, 0.4) is 0 Å². The van der Waals surface area contributed by atoms with E-state index >= 15 is 0 Å². The van der Waals surface area contributed by atoms with Crippen LogP contribution in [-0.2, 0) is 6.54 Å². The smallest absolute Gasteiger partial charge is 0.0432 e. The first-order valence-corrected chi connectivity index (χ1v) is 6.98. The lowest BCUT2D eigenvalue weighted by atomic mass is 10.0. The Morgan fingerprint density at radius 3 is 2.21 bits per heavy atom. The highest BCUT2D eigenvalue weighted by Crippen LogP contribution is 2.20. The zero-order valence-corrected chi connectivity index (χ0v) is 12.4. The molecular weight excluding hydrogens is 230 g/mol. The Morgan fingerprint density at radius 2 is 1.58 bits per heavy atom. The number of hydrogen-bond donors (Lipinski definition) is 0. The van der Waals surface area contributed by atoms with Crippen LogP contribution in [-0.4, -0.2) is 6.54 Å². The highest BCUT2D eigenvalue weighted by atomic mass is 15.1. The predicted octanol–water partition coefficient (Wildman–Crippen LogP) is 4.64. The molecule has 0 heterocycles. The molecule has 0 aliphatic carbocycles. The van der Waals surface area contributed by atoms with Crippen molar-refractivity contribution in [2.45, 2.75) is 34.2 Å². The average molecular weight is 253 g/mol. The van der Waals surface area contributed by atoms with Gasteiger partial charge >= 0.3 is 0 Å². The number of hydrogen-bond acceptors (Lipinski definition) is 1. The normalized spacial score (nSPS) is 10.5. The van der Waals surface area contributed by atoms with Crippen molar-refractivity contribution in [2.75, 3.05) is 11.4 Å². The Kier molecular flexibility index (Phi) is 4.26. The summed E-state index contributed by atoms with van der Waals surface area (Å²) in [6.45, 7) is 10.7. The molecule has 0 bridgehead atoms. The van der Waals surface area contributed by atoms with Crippen molar-refractivity contribution in [3.05, 3.63) is 64.7 Å². The summed E-state index contributed by atoms with van der Waals surface area (Å²) in [5, 5.41) is 0. The lowest BCUT2D eigenvalue weighted by molar-refractivity contribution is 0.826. The first kappa shape index (κ1) is 13.7. The van der Waals surface area contributed by atoms with E-state index in [0.717, 1.165) is 13.1 Å². The minimum Gasteiger partial charge on any atom is -0.367 e. The van der Waals surface area contributed by atoms with E-state index in [1.807, 2.05) is 0 Å². The second-order valence-electron chi connectivity index (χ2n) is 5.21. The molecule has 0 unspecified atom stereocenters. The number of aryl methyl sites for hydroxylation is 2. The third kappa shape index (κ3) is 3.17. The molecule has 19 heavy (non-hydrogen) atoms. The van der Waals surface area contributed by atoms with Gasteiger partial charge in [-0.2, -0.15) is 0 Å². The van der Waals surface area contributed by atoms with Gasteiger partial charge in [-0.15, -0.1) is 0 Å². The monoisotopic (exact) mass is 253 g/mol. The first-order chi connectivity index (χ1) is 9.11. The molecule has 1 nitrogen and oxygen atoms in total. The molecular formula is C18H23N. The lowest BCUT2D eigenvalue weighted by Crippen LogP contribution is -2.22. The van der Waals surface area contributed by atoms with Crippen LogP contribution in [0.1, 0.15) is 29.2 Å². The summed E-state index contributed by atoms with van der Waals surface area (Å²) in [6.07, 6.45) is 0. The Bertz CT molecular complexity index is 540. The van der Waals surface area contributed by atoms with Gasteiger partial charge in [0, 0.05) is 18.8 Å². The fraction of sp³-hybridized carbons (Fsp3) is 0.333. The Morgan fingerprint density at radius 1 is 0.895 bits per heavy atom. The minimum absolute atomic E-state index is 0.979. The molecule has 1 heteroatoms. The Labute approximate surface area is 116 Å². The average Bonchev–Trinajstić information content (AvgIpc) is 2.42. The molecule has 0 radical (unpaired) electrons. The third-order valence-corrected chi connectivity index (χ3v) is 3.86. The lowest BCUT2D eigenvalue weighted by Gasteiger charge is -2.24. The fourth-order valence-electron chi connectivity index (χ4n) is 2.33. The minimum atomic E-state index is 0.979. The van der Waals surface area contributed by atoms with Gasteiger partial charge in [0.1, 0.15) is 0 Å². The Hall–Kier alpha value is -1.76. The summed E-state index contributed by atoms with van der Waals surface area (Å²) >= 11 is 0. The number of benzene rings is 2. The quantitative estimate of drug-likeness (QED) is 0.767. The molecule has 0 saturated heterocycles. The number of rotatable bonds is 4. The molecule has 0 aromatic heterocycles. The molecule has 2 aromatic carbocycles. The van der Waals surface area contributed by atoms with Gasteiger partial charge in [-0.05, 0) is 56.5 Å². The van der Waals surface area contributed by atoms with Crippen LogP contribution < -0.4 is 4.90 Å². The van der Waals surface area contributed by atoms with E-state index in [0.29, 0.717) is 0 Å². The fourth-order valence-corrected chi connectivity index (χ4v) is 2.33. The molecule has 0 aliphatic rings. The standard InChI is InChI=1S/C18H23N/c1-5-19(18-11-9-14(2)10-12-18)13-17-8-6-7-15(3)16(17)4/h6-12H,5,13H2,1-4H3. The SMILES string of the molecule is CCN(Cc1cccc(C)c1C)c1ccc(C)cc1. The molecule has 2 rings (SSSR count). The molecule has 0 amide bonds. The van der Waals surface area contributed by atoms with E-state index in [1.54, 1.807) is 0 Å². The molecule has 0 atom stereocenters. The van der Waals surface area contributed by atoms with E-state index < -0.39 is 0 Å². The van der Waals surface area contributed by atoms with Crippen molar-refractivity contribution in [3.8, 4) is 0 Å². The zero-order valence-electron chi connectivity index (χ0n) is 12.4. The van der Waals surface area contributed by atoms with Crippen molar-refractivity contribution in [3.63, 3.8) is 0 Å². The van der Waals surface area contributed by atoms with E-state index in [-0.39, 0.29) is 0 Å². The van der Waals surface area contributed by atoms with Crippen LogP contribution >= 0.6 is 0 Å². The van der Waals surface area contributed by atoms with Crippen molar-refractivity contribution < 1.29 is 0 Å². The second-order valence-corrected chi connectivity index (χ2v) is 5.21. The molecule has 100 valence electrons. The highest BCUT2D eigenvalue weighted by Gasteiger charge is 2.07. The van der Waals surface area contributed by atoms with Crippen molar-refractivity contribution >= 4 is 5.69 Å². The van der Waals surface area contributed by atoms with Crippen LogP contribution in [0.5, 0.6) is 0 Å². The maximum absolute atomic E-state index is 2.42. The summed E-state index contributed by atoms with van der Waals surface area (Å²) in [5.74, 6) is 0. The van der Waals surface area contributed by atoms with Crippen LogP contribution in [0, 0.1) is 20.8 Å². The summed E-state index contributed by atoms with van der Waals surface area (Å²) in [4.78, 5) is 2.42. The summed E-state index contributed by atoms with van der Waals surface area (Å²) < 4.78 is 0. The van der Waals surface area contributed by atoms with Crippen molar-refractivity contribution in [1.82, 2.24) is 0 Å². The third-order valence-electron chi connectivity index (χ3n) is 3.86. The molecule has 0 N–H and O–H groups in total. The van der Waals surface area contributed by atoms with E-state index in [4.69, 9.17) is 0 Å². The van der Waals surface area contributed by atoms with Crippen LogP contribution in [0.2, 0.25) is 0 Å². The maximum atomic E-state index is 2.42. The number of anilines is 1. The summed E-state index contributed by atoms with van der Waals surface area (Å²) in [6, 6.07) is 15.4. The van der Waals surface area contributed by atoms with Crippen molar-refractivity contribution in [1.29, 1.82) is 0 Å². The summed E-state index contributed by atoms with van der Waals surface area (Å²) in [7, 11) is 0. The van der Waals surface area contributed by atoms with E-state index in [2.05, 4.69) is 75.1 Å². The van der Waals surface area contributed by atoms with E-state index in [1.165, 1.54) is 27.9 Å². The highest BCUT2D eigenvalue weighted by molar-refractivity contribution is 5.49. The zero-order chi connectivity index (χ0) is 13.8. The van der Waals surface area contributed by atoms with Gasteiger partial charge < -0.3 is 4.90 Å². The van der Waals surface area contributed by atoms with Gasteiger partial charge in [0.15, 0.2) is 0 Å². The first-order valence-electron chi connectivity index (χ1n) is 6.98. The Balaban J connectivity index is 2.24. The van der Waals surface area contributed by atoms with Crippen molar-refractivity contribution in [2.24, 2.45) is 0 Å². The van der Waals surface area contributed by atoms with Crippen LogP contribution in [0.15, 0.2) is 42.5 Å². The molecule has 0 spiro atoms. The van der Waals surface area contributed by atoms with Crippen LogP contribution in [0.25, 0.3) is 0 Å². The largest absolute Gasteiger partial charge is 0.367 e. The van der Waals surface area contributed by atoms with Gasteiger partial charge in [-0.25, -0.2) is 0 Å². The van der Waals surface area contributed by atoms with Gasteiger partial charge in [-0.1, -0.05) is 35.9 Å². The number of nitrogens with zero attached hydrogens (tertiary/aromatic N) is 1. The summed E-state index contributed by atoms with van der Waals surface area (Å²) in [5.41, 5.74) is 6.81. The van der Waals surface area contributed by atoms with Gasteiger partial charge in [0.05, 0.1) is 0 Å². The predicted molar refractivity (Wildman–Crippen MR) is 83.8 cm³/mol. The van der Waals surface area contributed by atoms with E-state index in [9.17, 15) is 0 Å². The molecule has 0 fully saturated rings. The van der Waals surface area contributed by atoms with Gasteiger partial charge in [-0.3, -0.25) is 0 Å². The van der Waals surface area contributed by atoms with Gasteiger partial charge in [0.2, 0.25) is 0 Å². The van der Waals surface area contributed by atoms with Gasteiger partial charge in [0.25, 0.3) is 0 Å². The topological polar surface area (TPSA) is 3.24 Å². The maximum Gasteiger partial charge on any atom is 0.0432 e. The second kappa shape index (κ2) is 5.92.